The van der Waals surface area contributed by atoms with Crippen LogP contribution in [0.25, 0.3) is 0 Å². The summed E-state index contributed by atoms with van der Waals surface area (Å²) in [6.07, 6.45) is 6.40. The zero-order chi connectivity index (χ0) is 20.2. The molecular formula is C22H39Cl2N3O2. The number of aromatic hydroxyl groups is 1. The maximum Gasteiger partial charge on any atom is 0.237 e. The molecule has 1 rings (SSSR count). The minimum Gasteiger partial charge on any atom is -0.508 e. The van der Waals surface area contributed by atoms with Gasteiger partial charge in [0.15, 0.2) is 0 Å². The summed E-state index contributed by atoms with van der Waals surface area (Å²) in [5.41, 5.74) is 7.08. The average molecular weight is 448 g/mol. The summed E-state index contributed by atoms with van der Waals surface area (Å²) < 4.78 is 0. The molecule has 0 aliphatic heterocycles. The molecule has 1 aromatic rings. The summed E-state index contributed by atoms with van der Waals surface area (Å²) in [7, 11) is 0. The van der Waals surface area contributed by atoms with Crippen molar-refractivity contribution in [2.45, 2.75) is 71.0 Å². The van der Waals surface area contributed by atoms with Crippen LogP contribution in [0.1, 0.15) is 52.0 Å². The molecule has 0 fully saturated rings. The fourth-order valence-corrected chi connectivity index (χ4v) is 3.02. The van der Waals surface area contributed by atoms with Crippen LogP contribution in [-0.4, -0.2) is 35.7 Å². The highest BCUT2D eigenvalue weighted by molar-refractivity contribution is 5.85. The number of carbonyl (C=O) groups is 1. The molecule has 0 aromatic heterocycles. The van der Waals surface area contributed by atoms with Gasteiger partial charge in [-0.2, -0.15) is 0 Å². The van der Waals surface area contributed by atoms with Crippen molar-refractivity contribution in [3.63, 3.8) is 0 Å². The van der Waals surface area contributed by atoms with Gasteiger partial charge in [-0.15, -0.1) is 31.4 Å². The molecule has 0 saturated carbocycles. The number of nitrogens with one attached hydrogen (secondary N) is 2. The van der Waals surface area contributed by atoms with Crippen LogP contribution in [0, 0.1) is 5.92 Å². The van der Waals surface area contributed by atoms with Crippen molar-refractivity contribution in [3.8, 4) is 5.75 Å². The van der Waals surface area contributed by atoms with E-state index in [1.165, 1.54) is 0 Å². The molecule has 0 aliphatic rings. The van der Waals surface area contributed by atoms with Crippen LogP contribution in [0.2, 0.25) is 0 Å². The van der Waals surface area contributed by atoms with Gasteiger partial charge in [0.25, 0.3) is 0 Å². The average Bonchev–Trinajstić information content (AvgIpc) is 2.64. The molecule has 5 N–H and O–H groups in total. The number of hydrogen-bond donors (Lipinski definition) is 4. The first kappa shape index (κ1) is 29.9. The Hall–Kier alpha value is -1.27. The molecule has 168 valence electrons. The van der Waals surface area contributed by atoms with E-state index in [1.807, 2.05) is 18.2 Å². The van der Waals surface area contributed by atoms with E-state index >= 15 is 0 Å². The number of hydrogen-bond acceptors (Lipinski definition) is 4. The van der Waals surface area contributed by atoms with Crippen molar-refractivity contribution in [2.24, 2.45) is 11.7 Å². The van der Waals surface area contributed by atoms with Gasteiger partial charge < -0.3 is 16.2 Å². The molecular weight excluding hydrogens is 409 g/mol. The Bertz CT molecular complexity index is 568. The van der Waals surface area contributed by atoms with E-state index in [9.17, 15) is 9.90 Å². The number of amides is 1. The maximum absolute atomic E-state index is 12.8. The lowest BCUT2D eigenvalue weighted by atomic mass is 10.00. The van der Waals surface area contributed by atoms with Gasteiger partial charge in [-0.05, 0) is 42.9 Å². The Labute approximate surface area is 188 Å². The lowest BCUT2D eigenvalue weighted by Crippen LogP contribution is -2.51. The lowest BCUT2D eigenvalue weighted by Gasteiger charge is -2.25. The second-order valence-electron chi connectivity index (χ2n) is 7.71. The van der Waals surface area contributed by atoms with E-state index in [-0.39, 0.29) is 54.6 Å². The summed E-state index contributed by atoms with van der Waals surface area (Å²) in [6, 6.07) is 6.63. The number of unbranched alkanes of at least 4 members (excludes halogenated alkanes) is 1. The van der Waals surface area contributed by atoms with E-state index in [0.717, 1.165) is 31.2 Å². The fraction of sp³-hybridized carbons (Fsp3) is 0.591. The van der Waals surface area contributed by atoms with Crippen molar-refractivity contribution < 1.29 is 9.90 Å². The van der Waals surface area contributed by atoms with Crippen LogP contribution in [0.4, 0.5) is 0 Å². The zero-order valence-electron chi connectivity index (χ0n) is 17.9. The minimum atomic E-state index is -0.380. The van der Waals surface area contributed by atoms with E-state index in [1.54, 1.807) is 12.1 Å². The minimum absolute atomic E-state index is 0. The van der Waals surface area contributed by atoms with Crippen molar-refractivity contribution in [3.05, 3.63) is 42.5 Å². The summed E-state index contributed by atoms with van der Waals surface area (Å²) in [6.45, 7) is 10.8. The summed E-state index contributed by atoms with van der Waals surface area (Å²) in [4.78, 5) is 12.8. The molecule has 1 amide bonds. The molecule has 5 nitrogen and oxygen atoms in total. The largest absolute Gasteiger partial charge is 0.508 e. The third-order valence-corrected chi connectivity index (χ3v) is 4.58. The van der Waals surface area contributed by atoms with Crippen LogP contribution in [0.15, 0.2) is 36.9 Å². The SMILES string of the molecule is C=C[C@H](CC(C)C)N[C@@H](Cc1ccc(O)cc1)C(=O)NC[C@@H](N)CCCC.Cl.Cl. The topological polar surface area (TPSA) is 87.4 Å². The standard InChI is InChI=1S/C22H37N3O2.2ClH/c1-5-7-8-18(23)15-24-22(27)21(25-19(6-2)13-16(3)4)14-17-9-11-20(26)12-10-17;;/h6,9-12,16,18-19,21,25-26H,2,5,7-8,13-15,23H2,1,3-4H3,(H,24,27);2*1H/t18-,19+,21-;;/m0../s1. The van der Waals surface area contributed by atoms with Gasteiger partial charge in [0.2, 0.25) is 5.91 Å². The lowest BCUT2D eigenvalue weighted by molar-refractivity contribution is -0.123. The number of halogens is 2. The van der Waals surface area contributed by atoms with Crippen LogP contribution in [0.3, 0.4) is 0 Å². The van der Waals surface area contributed by atoms with Gasteiger partial charge in [0.05, 0.1) is 6.04 Å². The molecule has 0 bridgehead atoms. The predicted octanol–water partition coefficient (Wildman–Crippen LogP) is 3.97. The number of carbonyl (C=O) groups excluding carboxylic acids is 1. The number of benzene rings is 1. The first-order valence-electron chi connectivity index (χ1n) is 10.1. The first-order valence-corrected chi connectivity index (χ1v) is 10.1. The number of nitrogens with two attached hydrogens (primary N) is 1. The smallest absolute Gasteiger partial charge is 0.237 e. The van der Waals surface area contributed by atoms with Gasteiger partial charge in [-0.3, -0.25) is 10.1 Å². The third kappa shape index (κ3) is 12.8. The Balaban J connectivity index is 0. The van der Waals surface area contributed by atoms with E-state index < -0.39 is 0 Å². The van der Waals surface area contributed by atoms with Gasteiger partial charge in [0.1, 0.15) is 5.75 Å². The van der Waals surface area contributed by atoms with Crippen LogP contribution in [-0.2, 0) is 11.2 Å². The fourth-order valence-electron chi connectivity index (χ4n) is 3.02. The van der Waals surface area contributed by atoms with Gasteiger partial charge >= 0.3 is 0 Å². The summed E-state index contributed by atoms with van der Waals surface area (Å²) in [5.74, 6) is 0.671. The zero-order valence-corrected chi connectivity index (χ0v) is 19.5. The monoisotopic (exact) mass is 447 g/mol. The highest BCUT2D eigenvalue weighted by atomic mass is 35.5. The number of rotatable bonds is 13. The molecule has 0 aliphatic carbocycles. The van der Waals surface area contributed by atoms with Crippen molar-refractivity contribution in [1.29, 1.82) is 0 Å². The van der Waals surface area contributed by atoms with Gasteiger partial charge in [0, 0.05) is 18.6 Å². The Kier molecular flexibility index (Phi) is 17.0. The molecule has 29 heavy (non-hydrogen) atoms. The molecule has 0 radical (unpaired) electrons. The predicted molar refractivity (Wildman–Crippen MR) is 127 cm³/mol. The maximum atomic E-state index is 12.8. The van der Waals surface area contributed by atoms with Crippen LogP contribution >= 0.6 is 24.8 Å². The molecule has 0 unspecified atom stereocenters. The molecule has 1 aromatic carbocycles. The second kappa shape index (κ2) is 16.5. The second-order valence-corrected chi connectivity index (χ2v) is 7.71. The quantitative estimate of drug-likeness (QED) is 0.344. The van der Waals surface area contributed by atoms with Crippen molar-refractivity contribution in [1.82, 2.24) is 10.6 Å². The summed E-state index contributed by atoms with van der Waals surface area (Å²) in [5, 5.41) is 15.9. The first-order chi connectivity index (χ1) is 12.8. The van der Waals surface area contributed by atoms with Gasteiger partial charge in [-0.25, -0.2) is 0 Å². The van der Waals surface area contributed by atoms with E-state index in [4.69, 9.17) is 5.73 Å². The number of phenolic OH excluding ortho intramolecular Hbond substituents is 1. The molecule has 3 atom stereocenters. The molecule has 7 heteroatoms. The van der Waals surface area contributed by atoms with Crippen molar-refractivity contribution in [2.75, 3.05) is 6.54 Å². The highest BCUT2D eigenvalue weighted by Crippen LogP contribution is 2.13. The normalized spacial score (nSPS) is 13.6. The van der Waals surface area contributed by atoms with E-state index in [0.29, 0.717) is 18.9 Å². The Morgan fingerprint density at radius 3 is 2.38 bits per heavy atom. The van der Waals surface area contributed by atoms with Crippen LogP contribution in [0.5, 0.6) is 5.75 Å². The molecule has 0 spiro atoms. The number of phenols is 1. The van der Waals surface area contributed by atoms with Crippen molar-refractivity contribution >= 4 is 30.7 Å². The van der Waals surface area contributed by atoms with Crippen LogP contribution < -0.4 is 16.4 Å². The highest BCUT2D eigenvalue weighted by Gasteiger charge is 2.22. The Morgan fingerprint density at radius 2 is 1.86 bits per heavy atom. The summed E-state index contributed by atoms with van der Waals surface area (Å²) >= 11 is 0. The third-order valence-electron chi connectivity index (χ3n) is 4.58. The molecule has 0 saturated heterocycles. The van der Waals surface area contributed by atoms with E-state index in [2.05, 4.69) is 38.0 Å². The Morgan fingerprint density at radius 1 is 1.24 bits per heavy atom. The van der Waals surface area contributed by atoms with Gasteiger partial charge in [-0.1, -0.05) is 51.8 Å². The molecule has 0 heterocycles.